The Morgan fingerprint density at radius 3 is 2.83 bits per heavy atom. The van der Waals surface area contributed by atoms with E-state index < -0.39 is 0 Å². The molecule has 1 saturated carbocycles. The number of anilines is 1. The highest BCUT2D eigenvalue weighted by molar-refractivity contribution is 5.95. The molecular formula is C17H22N4O2. The molecular weight excluding hydrogens is 292 g/mol. The molecule has 0 bridgehead atoms. The summed E-state index contributed by atoms with van der Waals surface area (Å²) in [5, 5.41) is 6.62. The van der Waals surface area contributed by atoms with Crippen molar-refractivity contribution in [1.82, 2.24) is 9.88 Å². The van der Waals surface area contributed by atoms with Crippen LogP contribution >= 0.6 is 0 Å². The van der Waals surface area contributed by atoms with Gasteiger partial charge in [-0.1, -0.05) is 6.07 Å². The minimum atomic E-state index is -0.0584. The monoisotopic (exact) mass is 314 g/mol. The van der Waals surface area contributed by atoms with Crippen LogP contribution in [-0.2, 0) is 16.1 Å². The van der Waals surface area contributed by atoms with Gasteiger partial charge in [0.2, 0.25) is 11.8 Å². The number of amides is 2. The molecule has 1 aliphatic carbocycles. The minimum Gasteiger partial charge on any atom is -0.358 e. The molecule has 6 nitrogen and oxygen atoms in total. The molecule has 0 aliphatic heterocycles. The molecule has 6 heteroatoms. The first-order chi connectivity index (χ1) is 11.1. The summed E-state index contributed by atoms with van der Waals surface area (Å²) >= 11 is 0. The van der Waals surface area contributed by atoms with Gasteiger partial charge in [-0.2, -0.15) is 0 Å². The Morgan fingerprint density at radius 1 is 1.30 bits per heavy atom. The molecule has 1 aromatic carbocycles. The number of nitrogens with one attached hydrogen (secondary N) is 2. The Kier molecular flexibility index (Phi) is 4.34. The van der Waals surface area contributed by atoms with E-state index in [9.17, 15) is 9.59 Å². The molecule has 1 fully saturated rings. The van der Waals surface area contributed by atoms with Gasteiger partial charge in [0.1, 0.15) is 6.54 Å². The zero-order valence-corrected chi connectivity index (χ0v) is 13.2. The maximum atomic E-state index is 12.3. The highest BCUT2D eigenvalue weighted by Crippen LogP contribution is 2.26. The lowest BCUT2D eigenvalue weighted by molar-refractivity contribution is -0.121. The average Bonchev–Trinajstić information content (AvgIpc) is 3.14. The summed E-state index contributed by atoms with van der Waals surface area (Å²) < 4.78 is 1.87. The van der Waals surface area contributed by atoms with Crippen molar-refractivity contribution in [3.8, 4) is 0 Å². The third-order valence-corrected chi connectivity index (χ3v) is 4.48. The van der Waals surface area contributed by atoms with Crippen molar-refractivity contribution in [2.45, 2.75) is 31.8 Å². The normalized spacial score (nSPS) is 20.6. The summed E-state index contributed by atoms with van der Waals surface area (Å²) in [6, 6.07) is 7.84. The van der Waals surface area contributed by atoms with E-state index in [1.165, 1.54) is 0 Å². The molecule has 2 aromatic rings. The van der Waals surface area contributed by atoms with E-state index in [0.717, 1.165) is 35.9 Å². The first-order valence-electron chi connectivity index (χ1n) is 7.92. The number of fused-ring (bicyclic) bond motifs is 1. The van der Waals surface area contributed by atoms with Crippen LogP contribution in [0.2, 0.25) is 0 Å². The standard InChI is InChI=1S/C17H22N4O2/c1-19-16(22)10-21-7-6-11-3-5-14(9-15(11)21)20-17(23)12-2-4-13(18)8-12/h3,5-7,9,12-13H,2,4,8,10,18H2,1H3,(H,19,22)(H,20,23). The van der Waals surface area contributed by atoms with Crippen LogP contribution in [0.4, 0.5) is 5.69 Å². The first kappa shape index (κ1) is 15.6. The molecule has 2 atom stereocenters. The number of benzene rings is 1. The molecule has 4 N–H and O–H groups in total. The zero-order valence-electron chi connectivity index (χ0n) is 13.2. The number of nitrogens with two attached hydrogens (primary N) is 1. The van der Waals surface area contributed by atoms with E-state index >= 15 is 0 Å². The molecule has 2 unspecified atom stereocenters. The second-order valence-electron chi connectivity index (χ2n) is 6.15. The summed E-state index contributed by atoms with van der Waals surface area (Å²) in [5.74, 6) is -0.0306. The van der Waals surface area contributed by atoms with Crippen LogP contribution in [0.15, 0.2) is 30.5 Å². The SMILES string of the molecule is CNC(=O)Cn1ccc2ccc(NC(=O)C3CCC(N)C3)cc21. The summed E-state index contributed by atoms with van der Waals surface area (Å²) in [6.07, 6.45) is 4.39. The van der Waals surface area contributed by atoms with Crippen molar-refractivity contribution < 1.29 is 9.59 Å². The van der Waals surface area contributed by atoms with Crippen molar-refractivity contribution in [3.63, 3.8) is 0 Å². The number of hydrogen-bond acceptors (Lipinski definition) is 3. The fourth-order valence-corrected chi connectivity index (χ4v) is 3.13. The van der Waals surface area contributed by atoms with Gasteiger partial charge in [0, 0.05) is 30.9 Å². The number of hydrogen-bond donors (Lipinski definition) is 3. The molecule has 0 spiro atoms. The quantitative estimate of drug-likeness (QED) is 0.798. The van der Waals surface area contributed by atoms with Gasteiger partial charge in [0.25, 0.3) is 0 Å². The van der Waals surface area contributed by atoms with Gasteiger partial charge in [-0.15, -0.1) is 0 Å². The van der Waals surface area contributed by atoms with Crippen molar-refractivity contribution in [2.24, 2.45) is 11.7 Å². The lowest BCUT2D eigenvalue weighted by Gasteiger charge is -2.11. The third kappa shape index (κ3) is 3.37. The number of likely N-dealkylation sites (N-methyl/N-ethyl adjacent to an activating group) is 1. The number of aromatic nitrogens is 1. The molecule has 0 radical (unpaired) electrons. The van der Waals surface area contributed by atoms with Gasteiger partial charge in [0.15, 0.2) is 0 Å². The Morgan fingerprint density at radius 2 is 2.13 bits per heavy atom. The van der Waals surface area contributed by atoms with Gasteiger partial charge < -0.3 is 20.9 Å². The van der Waals surface area contributed by atoms with Crippen LogP contribution in [0, 0.1) is 5.92 Å². The maximum absolute atomic E-state index is 12.3. The van der Waals surface area contributed by atoms with E-state index in [-0.39, 0.29) is 30.3 Å². The third-order valence-electron chi connectivity index (χ3n) is 4.48. The second-order valence-corrected chi connectivity index (χ2v) is 6.15. The fourth-order valence-electron chi connectivity index (χ4n) is 3.13. The molecule has 1 aliphatic rings. The van der Waals surface area contributed by atoms with E-state index in [0.29, 0.717) is 0 Å². The van der Waals surface area contributed by atoms with Crippen LogP contribution in [-0.4, -0.2) is 29.5 Å². The van der Waals surface area contributed by atoms with Crippen LogP contribution in [0.25, 0.3) is 10.9 Å². The van der Waals surface area contributed by atoms with Crippen LogP contribution < -0.4 is 16.4 Å². The number of rotatable bonds is 4. The Labute approximate surface area is 135 Å². The van der Waals surface area contributed by atoms with Crippen LogP contribution in [0.1, 0.15) is 19.3 Å². The smallest absolute Gasteiger partial charge is 0.239 e. The highest BCUT2D eigenvalue weighted by Gasteiger charge is 2.27. The van der Waals surface area contributed by atoms with E-state index in [2.05, 4.69) is 10.6 Å². The number of carbonyl (C=O) groups excluding carboxylic acids is 2. The number of nitrogens with zero attached hydrogens (tertiary/aromatic N) is 1. The van der Waals surface area contributed by atoms with Crippen molar-refractivity contribution in [3.05, 3.63) is 30.5 Å². The van der Waals surface area contributed by atoms with Crippen LogP contribution in [0.3, 0.4) is 0 Å². The van der Waals surface area contributed by atoms with Crippen LogP contribution in [0.5, 0.6) is 0 Å². The molecule has 0 saturated heterocycles. The molecule has 3 rings (SSSR count). The van der Waals surface area contributed by atoms with Gasteiger partial charge in [-0.25, -0.2) is 0 Å². The summed E-state index contributed by atoms with van der Waals surface area (Å²) in [5.41, 5.74) is 7.55. The molecule has 23 heavy (non-hydrogen) atoms. The second kappa shape index (κ2) is 6.42. The lowest BCUT2D eigenvalue weighted by Crippen LogP contribution is -2.23. The lowest BCUT2D eigenvalue weighted by atomic mass is 10.1. The van der Waals surface area contributed by atoms with E-state index in [1.807, 2.05) is 35.0 Å². The summed E-state index contributed by atoms with van der Waals surface area (Å²) in [6.45, 7) is 0.259. The zero-order chi connectivity index (χ0) is 16.4. The molecule has 2 amide bonds. The predicted octanol–water partition coefficient (Wildman–Crippen LogP) is 1.45. The Hall–Kier alpha value is -2.34. The van der Waals surface area contributed by atoms with Crippen molar-refractivity contribution in [1.29, 1.82) is 0 Å². The largest absolute Gasteiger partial charge is 0.358 e. The van der Waals surface area contributed by atoms with Gasteiger partial charge in [-0.05, 0) is 42.8 Å². The predicted molar refractivity (Wildman–Crippen MR) is 90.0 cm³/mol. The molecule has 1 aromatic heterocycles. The summed E-state index contributed by atoms with van der Waals surface area (Å²) in [4.78, 5) is 23.9. The van der Waals surface area contributed by atoms with Gasteiger partial charge >= 0.3 is 0 Å². The average molecular weight is 314 g/mol. The van der Waals surface area contributed by atoms with Gasteiger partial charge in [-0.3, -0.25) is 9.59 Å². The number of carbonyl (C=O) groups is 2. The Balaban J connectivity index is 1.77. The molecule has 122 valence electrons. The minimum absolute atomic E-state index is 0.00153. The summed E-state index contributed by atoms with van der Waals surface area (Å²) in [7, 11) is 1.62. The van der Waals surface area contributed by atoms with Crippen molar-refractivity contribution in [2.75, 3.05) is 12.4 Å². The topological polar surface area (TPSA) is 89.2 Å². The Bertz CT molecular complexity index is 737. The van der Waals surface area contributed by atoms with Gasteiger partial charge in [0.05, 0.1) is 5.52 Å². The van der Waals surface area contributed by atoms with Crippen molar-refractivity contribution >= 4 is 28.4 Å². The highest BCUT2D eigenvalue weighted by atomic mass is 16.2. The first-order valence-corrected chi connectivity index (χ1v) is 7.92. The molecule has 1 heterocycles. The van der Waals surface area contributed by atoms with E-state index in [1.54, 1.807) is 7.05 Å². The maximum Gasteiger partial charge on any atom is 0.239 e. The van der Waals surface area contributed by atoms with E-state index in [4.69, 9.17) is 5.73 Å². The fraction of sp³-hybridized carbons (Fsp3) is 0.412.